The number of benzene rings is 1. The van der Waals surface area contributed by atoms with Crippen LogP contribution in [-0.2, 0) is 0 Å². The number of rotatable bonds is 6. The number of para-hydroxylation sites is 1. The molecule has 20 heavy (non-hydrogen) atoms. The van der Waals surface area contributed by atoms with E-state index < -0.39 is 17.7 Å². The minimum atomic E-state index is -1.27. The monoisotopic (exact) mass is 276 g/mol. The molecular formula is C14H16N2O4. The van der Waals surface area contributed by atoms with Gasteiger partial charge in [0.1, 0.15) is 5.56 Å². The molecule has 0 fully saturated rings. The number of urea groups is 1. The van der Waals surface area contributed by atoms with Crippen molar-refractivity contribution >= 4 is 17.7 Å². The summed E-state index contributed by atoms with van der Waals surface area (Å²) in [5.74, 6) is -1.75. The zero-order valence-corrected chi connectivity index (χ0v) is 10.9. The summed E-state index contributed by atoms with van der Waals surface area (Å²) >= 11 is 0. The molecule has 0 aliphatic rings. The third-order valence-electron chi connectivity index (χ3n) is 2.49. The summed E-state index contributed by atoms with van der Waals surface area (Å²) in [6.07, 6.45) is 3.10. The van der Waals surface area contributed by atoms with Crippen molar-refractivity contribution in [1.29, 1.82) is 0 Å². The van der Waals surface area contributed by atoms with E-state index in [1.807, 2.05) is 0 Å². The van der Waals surface area contributed by atoms with Crippen molar-refractivity contribution in [2.24, 2.45) is 0 Å². The Balaban J connectivity index is 2.94. The normalized spacial score (nSPS) is 9.60. The summed E-state index contributed by atoms with van der Waals surface area (Å²) in [6.45, 7) is 7.69. The van der Waals surface area contributed by atoms with Gasteiger partial charge in [-0.05, 0) is 12.1 Å². The fraction of sp³-hybridized carbons (Fsp3) is 0.143. The number of hydrogen-bond acceptors (Lipinski definition) is 3. The van der Waals surface area contributed by atoms with E-state index in [9.17, 15) is 14.7 Å². The summed E-state index contributed by atoms with van der Waals surface area (Å²) in [6, 6.07) is 3.62. The SMILES string of the molecule is C=CCN(CC=C)C(=O)Nc1cccc(C(=O)O)c1O. The lowest BCUT2D eigenvalue weighted by atomic mass is 10.1. The summed E-state index contributed by atoms with van der Waals surface area (Å²) in [5.41, 5.74) is -0.241. The van der Waals surface area contributed by atoms with Crippen molar-refractivity contribution < 1.29 is 19.8 Å². The average Bonchev–Trinajstić information content (AvgIpc) is 2.40. The van der Waals surface area contributed by atoms with E-state index in [4.69, 9.17) is 5.11 Å². The number of nitrogens with one attached hydrogen (secondary N) is 1. The van der Waals surface area contributed by atoms with Crippen molar-refractivity contribution in [2.75, 3.05) is 18.4 Å². The average molecular weight is 276 g/mol. The number of carboxylic acids is 1. The fourth-order valence-corrected chi connectivity index (χ4v) is 1.56. The third kappa shape index (κ3) is 3.61. The molecule has 0 atom stereocenters. The molecule has 0 saturated heterocycles. The first-order valence-electron chi connectivity index (χ1n) is 5.84. The summed E-state index contributed by atoms with van der Waals surface area (Å²) < 4.78 is 0. The Morgan fingerprint density at radius 1 is 1.25 bits per heavy atom. The molecule has 0 bridgehead atoms. The van der Waals surface area contributed by atoms with Gasteiger partial charge in [0, 0.05) is 13.1 Å². The molecule has 0 saturated carbocycles. The van der Waals surface area contributed by atoms with Crippen LogP contribution >= 0.6 is 0 Å². The summed E-state index contributed by atoms with van der Waals surface area (Å²) in [4.78, 5) is 24.3. The highest BCUT2D eigenvalue weighted by atomic mass is 16.4. The molecule has 0 heterocycles. The molecule has 0 aliphatic carbocycles. The summed E-state index contributed by atoms with van der Waals surface area (Å²) in [7, 11) is 0. The van der Waals surface area contributed by atoms with Crippen molar-refractivity contribution in [3.63, 3.8) is 0 Å². The molecule has 0 aromatic heterocycles. The van der Waals surface area contributed by atoms with Crippen LogP contribution in [0.2, 0.25) is 0 Å². The highest BCUT2D eigenvalue weighted by Gasteiger charge is 2.16. The molecule has 1 aromatic carbocycles. The first-order chi connectivity index (χ1) is 9.51. The Morgan fingerprint density at radius 2 is 1.85 bits per heavy atom. The van der Waals surface area contributed by atoms with Crippen LogP contribution in [0.4, 0.5) is 10.5 Å². The van der Waals surface area contributed by atoms with Crippen LogP contribution in [0.3, 0.4) is 0 Å². The number of anilines is 1. The number of phenols is 1. The lowest BCUT2D eigenvalue weighted by Crippen LogP contribution is -2.35. The van der Waals surface area contributed by atoms with Crippen LogP contribution in [0.25, 0.3) is 0 Å². The van der Waals surface area contributed by atoms with Crippen LogP contribution in [0.15, 0.2) is 43.5 Å². The molecule has 2 amide bonds. The lowest BCUT2D eigenvalue weighted by Gasteiger charge is -2.20. The van der Waals surface area contributed by atoms with Gasteiger partial charge in [-0.1, -0.05) is 18.2 Å². The van der Waals surface area contributed by atoms with Gasteiger partial charge >= 0.3 is 12.0 Å². The maximum Gasteiger partial charge on any atom is 0.339 e. The van der Waals surface area contributed by atoms with Gasteiger partial charge in [0.15, 0.2) is 5.75 Å². The molecule has 0 spiro atoms. The van der Waals surface area contributed by atoms with Crippen LogP contribution < -0.4 is 5.32 Å². The summed E-state index contributed by atoms with van der Waals surface area (Å²) in [5, 5.41) is 21.1. The Labute approximate surface area is 116 Å². The topological polar surface area (TPSA) is 89.9 Å². The number of aromatic carboxylic acids is 1. The van der Waals surface area contributed by atoms with Gasteiger partial charge in [-0.15, -0.1) is 13.2 Å². The van der Waals surface area contributed by atoms with Crippen LogP contribution in [0, 0.1) is 0 Å². The van der Waals surface area contributed by atoms with Gasteiger partial charge in [-0.3, -0.25) is 0 Å². The molecule has 3 N–H and O–H groups in total. The predicted molar refractivity (Wildman–Crippen MR) is 76.1 cm³/mol. The number of carbonyl (C=O) groups excluding carboxylic acids is 1. The molecular weight excluding hydrogens is 260 g/mol. The van der Waals surface area contributed by atoms with E-state index in [1.165, 1.54) is 23.1 Å². The van der Waals surface area contributed by atoms with E-state index in [-0.39, 0.29) is 11.3 Å². The second kappa shape index (κ2) is 6.98. The maximum atomic E-state index is 12.0. The molecule has 0 unspecified atom stereocenters. The number of amides is 2. The smallest absolute Gasteiger partial charge is 0.339 e. The van der Waals surface area contributed by atoms with E-state index in [0.29, 0.717) is 13.1 Å². The molecule has 6 nitrogen and oxygen atoms in total. The minimum absolute atomic E-state index is 0.0352. The van der Waals surface area contributed by atoms with Crippen LogP contribution in [0.1, 0.15) is 10.4 Å². The molecule has 6 heteroatoms. The zero-order chi connectivity index (χ0) is 15.1. The largest absolute Gasteiger partial charge is 0.505 e. The number of hydrogen-bond donors (Lipinski definition) is 3. The van der Waals surface area contributed by atoms with Gasteiger partial charge in [-0.2, -0.15) is 0 Å². The number of nitrogens with zero attached hydrogens (tertiary/aromatic N) is 1. The third-order valence-corrected chi connectivity index (χ3v) is 2.49. The van der Waals surface area contributed by atoms with E-state index in [1.54, 1.807) is 12.2 Å². The minimum Gasteiger partial charge on any atom is -0.505 e. The first-order valence-corrected chi connectivity index (χ1v) is 5.84. The van der Waals surface area contributed by atoms with E-state index in [0.717, 1.165) is 0 Å². The standard InChI is InChI=1S/C14H16N2O4/c1-3-8-16(9-4-2)14(20)15-11-7-5-6-10(12(11)17)13(18)19/h3-7,17H,1-2,8-9H2,(H,15,20)(H,18,19). The lowest BCUT2D eigenvalue weighted by molar-refractivity contribution is 0.0693. The van der Waals surface area contributed by atoms with Crippen molar-refractivity contribution in [2.45, 2.75) is 0 Å². The van der Waals surface area contributed by atoms with Crippen molar-refractivity contribution in [1.82, 2.24) is 4.90 Å². The van der Waals surface area contributed by atoms with Gasteiger partial charge in [0.25, 0.3) is 0 Å². The van der Waals surface area contributed by atoms with E-state index in [2.05, 4.69) is 18.5 Å². The fourth-order valence-electron chi connectivity index (χ4n) is 1.56. The molecule has 1 aromatic rings. The van der Waals surface area contributed by atoms with E-state index >= 15 is 0 Å². The second-order valence-electron chi connectivity index (χ2n) is 3.92. The number of aromatic hydroxyl groups is 1. The van der Waals surface area contributed by atoms with Crippen molar-refractivity contribution in [3.05, 3.63) is 49.1 Å². The van der Waals surface area contributed by atoms with Crippen LogP contribution in [0.5, 0.6) is 5.75 Å². The Kier molecular flexibility index (Phi) is 5.34. The van der Waals surface area contributed by atoms with Crippen LogP contribution in [-0.4, -0.2) is 40.2 Å². The Hall–Kier alpha value is -2.76. The van der Waals surface area contributed by atoms with Crippen molar-refractivity contribution in [3.8, 4) is 5.75 Å². The molecule has 0 aliphatic heterocycles. The zero-order valence-electron chi connectivity index (χ0n) is 10.9. The molecule has 106 valence electrons. The maximum absolute atomic E-state index is 12.0. The first kappa shape index (κ1) is 15.3. The van der Waals surface area contributed by atoms with Gasteiger partial charge < -0.3 is 20.4 Å². The quantitative estimate of drug-likeness (QED) is 0.549. The number of carbonyl (C=O) groups is 2. The second-order valence-corrected chi connectivity index (χ2v) is 3.92. The molecule has 1 rings (SSSR count). The predicted octanol–water partition coefficient (Wildman–Crippen LogP) is 2.30. The highest BCUT2D eigenvalue weighted by molar-refractivity contribution is 5.97. The number of carboxylic acid groups (broad SMARTS) is 1. The van der Waals surface area contributed by atoms with Gasteiger partial charge in [-0.25, -0.2) is 9.59 Å². The highest BCUT2D eigenvalue weighted by Crippen LogP contribution is 2.27. The van der Waals surface area contributed by atoms with Gasteiger partial charge in [0.2, 0.25) is 0 Å². The van der Waals surface area contributed by atoms with Gasteiger partial charge in [0.05, 0.1) is 5.69 Å². The Bertz CT molecular complexity index is 530. The molecule has 0 radical (unpaired) electrons. The Morgan fingerprint density at radius 3 is 2.35 bits per heavy atom.